The summed E-state index contributed by atoms with van der Waals surface area (Å²) in [7, 11) is -2.33. The Labute approximate surface area is 257 Å². The van der Waals surface area contributed by atoms with Crippen molar-refractivity contribution in [2.45, 2.75) is 89.2 Å². The second-order valence-electron chi connectivity index (χ2n) is 13.1. The highest BCUT2D eigenvalue weighted by Crippen LogP contribution is 2.33. The molecule has 0 spiro atoms. The smallest absolute Gasteiger partial charge is 0.407 e. The Bertz CT molecular complexity index is 1290. The molecule has 43 heavy (non-hydrogen) atoms. The highest BCUT2D eigenvalue weighted by molar-refractivity contribution is 7.89. The van der Waals surface area contributed by atoms with E-state index in [1.165, 1.54) is 4.31 Å². The summed E-state index contributed by atoms with van der Waals surface area (Å²) in [5.41, 5.74) is 0.286. The number of carbonyl (C=O) groups is 1. The Morgan fingerprint density at radius 1 is 1.07 bits per heavy atom. The second kappa shape index (κ2) is 14.4. The van der Waals surface area contributed by atoms with E-state index >= 15 is 0 Å². The lowest BCUT2D eigenvalue weighted by Gasteiger charge is -2.36. The normalized spacial score (nSPS) is 17.0. The van der Waals surface area contributed by atoms with Gasteiger partial charge in [0.25, 0.3) is 0 Å². The minimum Gasteiger partial charge on any atom is -0.444 e. The second-order valence-corrected chi connectivity index (χ2v) is 15.0. The Morgan fingerprint density at radius 2 is 1.72 bits per heavy atom. The van der Waals surface area contributed by atoms with Gasteiger partial charge in [-0.3, -0.25) is 0 Å². The van der Waals surface area contributed by atoms with Gasteiger partial charge in [-0.25, -0.2) is 13.2 Å². The van der Waals surface area contributed by atoms with Crippen LogP contribution in [-0.2, 0) is 30.7 Å². The van der Waals surface area contributed by atoms with Gasteiger partial charge in [0.05, 0.1) is 30.3 Å². The van der Waals surface area contributed by atoms with E-state index in [1.54, 1.807) is 52.1 Å². The molecule has 0 saturated carbocycles. The number of aliphatic hydroxyl groups excluding tert-OH is 1. The molecule has 1 heterocycles. The van der Waals surface area contributed by atoms with Gasteiger partial charge in [-0.05, 0) is 69.7 Å². The maximum atomic E-state index is 14.2. The molecule has 0 unspecified atom stereocenters. The minimum atomic E-state index is -4.05. The van der Waals surface area contributed by atoms with Crippen LogP contribution in [0.15, 0.2) is 59.5 Å². The van der Waals surface area contributed by atoms with Crippen LogP contribution in [0.5, 0.6) is 0 Å². The van der Waals surface area contributed by atoms with E-state index in [9.17, 15) is 18.3 Å². The van der Waals surface area contributed by atoms with Crippen molar-refractivity contribution in [1.82, 2.24) is 9.62 Å². The Kier molecular flexibility index (Phi) is 11.6. The average Bonchev–Trinajstić information content (AvgIpc) is 3.37. The van der Waals surface area contributed by atoms with Gasteiger partial charge in [0, 0.05) is 32.2 Å². The van der Waals surface area contributed by atoms with Gasteiger partial charge < -0.3 is 30.0 Å². The first-order chi connectivity index (χ1) is 20.0. The van der Waals surface area contributed by atoms with Crippen LogP contribution in [0.4, 0.5) is 10.5 Å². The summed E-state index contributed by atoms with van der Waals surface area (Å²) in [5.74, 6) is -0.709. The first-order valence-corrected chi connectivity index (χ1v) is 16.2. The lowest BCUT2D eigenvalue weighted by molar-refractivity contribution is -0.151. The zero-order valence-electron chi connectivity index (χ0n) is 26.6. The number of nitrogens with zero attached hydrogens (tertiary/aromatic N) is 1. The Hall–Kier alpha value is -2.70. The van der Waals surface area contributed by atoms with Crippen molar-refractivity contribution in [2.24, 2.45) is 5.41 Å². The molecule has 240 valence electrons. The summed E-state index contributed by atoms with van der Waals surface area (Å²) >= 11 is 0. The molecule has 1 saturated heterocycles. The van der Waals surface area contributed by atoms with Crippen LogP contribution < -0.4 is 10.6 Å². The van der Waals surface area contributed by atoms with Crippen LogP contribution in [0.2, 0.25) is 0 Å². The van der Waals surface area contributed by atoms with E-state index in [0.717, 1.165) is 5.56 Å². The number of rotatable bonds is 14. The first kappa shape index (κ1) is 34.8. The average molecular weight is 620 g/mol. The molecule has 3 rings (SSSR count). The molecule has 2 atom stereocenters. The van der Waals surface area contributed by atoms with Crippen molar-refractivity contribution >= 4 is 21.8 Å². The number of benzene rings is 2. The Balaban J connectivity index is 1.91. The maximum Gasteiger partial charge on any atom is 0.407 e. The van der Waals surface area contributed by atoms with Crippen LogP contribution in [-0.4, -0.2) is 80.8 Å². The molecule has 1 fully saturated rings. The number of aliphatic hydroxyl groups is 1. The van der Waals surface area contributed by atoms with E-state index < -0.39 is 45.1 Å². The van der Waals surface area contributed by atoms with E-state index in [2.05, 4.69) is 10.6 Å². The number of nitrogens with one attached hydrogen (secondary N) is 2. The molecular formula is C32H49N3O7S. The molecule has 2 aromatic rings. The van der Waals surface area contributed by atoms with Crippen LogP contribution in [0, 0.1) is 5.41 Å². The van der Waals surface area contributed by atoms with E-state index in [1.807, 2.05) is 51.1 Å². The van der Waals surface area contributed by atoms with Gasteiger partial charge in [0.1, 0.15) is 5.60 Å². The Morgan fingerprint density at radius 3 is 2.33 bits per heavy atom. The number of alkyl carbamates (subject to hydrolysis) is 1. The molecular weight excluding hydrogens is 570 g/mol. The van der Waals surface area contributed by atoms with Crippen LogP contribution >= 0.6 is 0 Å². The van der Waals surface area contributed by atoms with Crippen molar-refractivity contribution < 1.29 is 32.5 Å². The van der Waals surface area contributed by atoms with Gasteiger partial charge in [0.15, 0.2) is 5.79 Å². The van der Waals surface area contributed by atoms with Gasteiger partial charge in [-0.2, -0.15) is 4.31 Å². The van der Waals surface area contributed by atoms with Crippen molar-refractivity contribution in [3.63, 3.8) is 0 Å². The lowest BCUT2D eigenvalue weighted by Crippen LogP contribution is -2.52. The summed E-state index contributed by atoms with van der Waals surface area (Å²) in [6.07, 6.45) is -0.451. The number of sulfonamides is 1. The van der Waals surface area contributed by atoms with E-state index in [4.69, 9.17) is 14.2 Å². The molecule has 0 radical (unpaired) electrons. The third-order valence-corrected chi connectivity index (χ3v) is 9.18. The number of hydrogen-bond donors (Lipinski definition) is 3. The quantitative estimate of drug-likeness (QED) is 0.276. The van der Waals surface area contributed by atoms with Crippen molar-refractivity contribution in [3.8, 4) is 0 Å². The SMILES string of the molecule is CNc1cccc(S(=O)(=O)N(C[C@@H](O)[C@H](Cc2ccccc2)NC(=O)OC(C)(C)C)CC(C)(C)CCC2(C)OCCO2)c1. The predicted molar refractivity (Wildman–Crippen MR) is 167 cm³/mol. The van der Waals surface area contributed by atoms with Crippen LogP contribution in [0.3, 0.4) is 0 Å². The maximum absolute atomic E-state index is 14.2. The summed E-state index contributed by atoms with van der Waals surface area (Å²) in [6.45, 7) is 12.1. The van der Waals surface area contributed by atoms with Crippen molar-refractivity contribution in [1.29, 1.82) is 0 Å². The first-order valence-electron chi connectivity index (χ1n) is 14.8. The minimum absolute atomic E-state index is 0.108. The molecule has 10 nitrogen and oxygen atoms in total. The van der Waals surface area contributed by atoms with Gasteiger partial charge in [0.2, 0.25) is 10.0 Å². The fourth-order valence-electron chi connectivity index (χ4n) is 4.98. The molecule has 0 aromatic heterocycles. The number of hydrogen-bond acceptors (Lipinski definition) is 8. The van der Waals surface area contributed by atoms with Crippen LogP contribution in [0.25, 0.3) is 0 Å². The topological polar surface area (TPSA) is 126 Å². The number of amides is 1. The number of ether oxygens (including phenoxy) is 3. The van der Waals surface area contributed by atoms with Gasteiger partial charge in [-0.15, -0.1) is 0 Å². The fraction of sp³-hybridized carbons (Fsp3) is 0.594. The van der Waals surface area contributed by atoms with Crippen LogP contribution in [0.1, 0.15) is 59.9 Å². The highest BCUT2D eigenvalue weighted by atomic mass is 32.2. The lowest BCUT2D eigenvalue weighted by atomic mass is 9.86. The van der Waals surface area contributed by atoms with Crippen molar-refractivity contribution in [3.05, 3.63) is 60.2 Å². The molecule has 1 aliphatic heterocycles. The largest absolute Gasteiger partial charge is 0.444 e. The number of carbonyl (C=O) groups excluding carboxylic acids is 1. The molecule has 0 aliphatic carbocycles. The molecule has 1 amide bonds. The monoisotopic (exact) mass is 619 g/mol. The molecule has 3 N–H and O–H groups in total. The molecule has 2 aromatic carbocycles. The third kappa shape index (κ3) is 10.8. The zero-order chi connectivity index (χ0) is 31.9. The standard InChI is InChI=1S/C32H49N3O7S/c1-30(2,3)42-29(37)34-27(20-24-12-9-8-10-13-24)28(36)22-35(43(38,39)26-15-11-14-25(21-26)33-7)23-31(4,5)16-17-32(6)40-18-19-41-32/h8-15,21,27-28,33,36H,16-20,22-23H2,1-7H3,(H,34,37)/t27-,28+/m0/s1. The summed E-state index contributed by atoms with van der Waals surface area (Å²) < 4.78 is 46.6. The van der Waals surface area contributed by atoms with E-state index in [-0.39, 0.29) is 24.4 Å². The zero-order valence-corrected chi connectivity index (χ0v) is 27.4. The summed E-state index contributed by atoms with van der Waals surface area (Å²) in [6, 6.07) is 15.2. The van der Waals surface area contributed by atoms with E-state index in [0.29, 0.717) is 31.7 Å². The number of anilines is 1. The highest BCUT2D eigenvalue weighted by Gasteiger charge is 2.38. The molecule has 1 aliphatic rings. The third-order valence-electron chi connectivity index (χ3n) is 7.37. The van der Waals surface area contributed by atoms with Gasteiger partial charge >= 0.3 is 6.09 Å². The van der Waals surface area contributed by atoms with Gasteiger partial charge in [-0.1, -0.05) is 50.2 Å². The summed E-state index contributed by atoms with van der Waals surface area (Å²) in [4.78, 5) is 12.9. The molecule has 11 heteroatoms. The summed E-state index contributed by atoms with van der Waals surface area (Å²) in [5, 5.41) is 17.4. The predicted octanol–water partition coefficient (Wildman–Crippen LogP) is 4.79. The molecule has 0 bridgehead atoms. The van der Waals surface area contributed by atoms with Crippen molar-refractivity contribution in [2.75, 3.05) is 38.7 Å². The fourth-order valence-corrected chi connectivity index (χ4v) is 6.67.